The maximum absolute atomic E-state index is 8.78. The first kappa shape index (κ1) is 9.09. The Bertz CT molecular complexity index is 361. The van der Waals surface area contributed by atoms with E-state index in [1.807, 2.05) is 26.8 Å². The summed E-state index contributed by atoms with van der Waals surface area (Å²) in [5.41, 5.74) is 3.68. The van der Waals surface area contributed by atoms with Crippen LogP contribution in [-0.4, -0.2) is 0 Å². The van der Waals surface area contributed by atoms with Gasteiger partial charge in [0.2, 0.25) is 0 Å². The third kappa shape index (κ3) is 1.31. The summed E-state index contributed by atoms with van der Waals surface area (Å²) in [7, 11) is 0. The van der Waals surface area contributed by atoms with Gasteiger partial charge in [-0.05, 0) is 37.5 Å². The van der Waals surface area contributed by atoms with Crippen molar-refractivity contribution in [3.8, 4) is 6.07 Å². The van der Waals surface area contributed by atoms with Gasteiger partial charge in [-0.2, -0.15) is 5.26 Å². The van der Waals surface area contributed by atoms with Crippen molar-refractivity contribution in [1.29, 1.82) is 5.26 Å². The Balaban J connectivity index is 3.54. The number of nitrogens with zero attached hydrogens (tertiary/aromatic N) is 1. The highest BCUT2D eigenvalue weighted by Gasteiger charge is 2.08. The fourth-order valence-corrected chi connectivity index (χ4v) is 1.52. The molecule has 0 aliphatic heterocycles. The average Bonchev–Trinajstić information content (AvgIpc) is 2.01. The molecule has 0 aromatic heterocycles. The van der Waals surface area contributed by atoms with Crippen molar-refractivity contribution in [3.05, 3.63) is 33.3 Å². The summed E-state index contributed by atoms with van der Waals surface area (Å²) in [6.07, 6.45) is 0. The normalized spacial score (nSPS) is 9.58. The second kappa shape index (κ2) is 3.16. The fourth-order valence-electron chi connectivity index (χ4n) is 1.18. The molecule has 0 heterocycles. The summed E-state index contributed by atoms with van der Waals surface area (Å²) in [5, 5.41) is 9.37. The maximum atomic E-state index is 8.78. The lowest BCUT2D eigenvalue weighted by molar-refractivity contribution is 1.27. The van der Waals surface area contributed by atoms with Crippen molar-refractivity contribution in [2.24, 2.45) is 0 Å². The highest BCUT2D eigenvalue weighted by Crippen LogP contribution is 2.25. The molecule has 0 N–H and O–H groups in total. The van der Waals surface area contributed by atoms with Gasteiger partial charge in [0.25, 0.3) is 0 Å². The predicted octanol–water partition coefficient (Wildman–Crippen LogP) is 3.14. The first-order chi connectivity index (χ1) is 5.57. The molecule has 12 heavy (non-hydrogen) atoms. The second-order valence-corrected chi connectivity index (χ2v) is 3.31. The number of rotatable bonds is 0. The zero-order valence-electron chi connectivity index (χ0n) is 7.40. The van der Waals surface area contributed by atoms with Gasteiger partial charge in [-0.15, -0.1) is 0 Å². The minimum atomic E-state index is 0.593. The van der Waals surface area contributed by atoms with E-state index in [1.165, 1.54) is 0 Å². The second-order valence-electron chi connectivity index (χ2n) is 2.94. The largest absolute Gasteiger partial charge is 0.192 e. The molecule has 1 nitrogen and oxygen atoms in total. The fraction of sp³-hybridized carbons (Fsp3) is 0.300. The van der Waals surface area contributed by atoms with E-state index in [9.17, 15) is 0 Å². The van der Waals surface area contributed by atoms with Gasteiger partial charge in [-0.1, -0.05) is 17.7 Å². The van der Waals surface area contributed by atoms with E-state index in [1.54, 1.807) is 0 Å². The van der Waals surface area contributed by atoms with Crippen molar-refractivity contribution in [2.75, 3.05) is 0 Å². The summed E-state index contributed by atoms with van der Waals surface area (Å²) < 4.78 is 0. The van der Waals surface area contributed by atoms with Crippen molar-refractivity contribution < 1.29 is 0 Å². The molecule has 0 aliphatic rings. The minimum absolute atomic E-state index is 0.593. The number of hydrogen-bond donors (Lipinski definition) is 0. The number of aryl methyl sites for hydroxylation is 2. The molecule has 0 atom stereocenters. The zero-order valence-corrected chi connectivity index (χ0v) is 8.16. The molecule has 0 spiro atoms. The van der Waals surface area contributed by atoms with Crippen LogP contribution in [0, 0.1) is 32.1 Å². The monoisotopic (exact) mass is 179 g/mol. The lowest BCUT2D eigenvalue weighted by atomic mass is 10.0. The maximum Gasteiger partial charge on any atom is 0.101 e. The molecule has 0 bridgehead atoms. The number of halogens is 1. The van der Waals surface area contributed by atoms with E-state index < -0.39 is 0 Å². The Labute approximate surface area is 77.6 Å². The van der Waals surface area contributed by atoms with Crippen LogP contribution in [-0.2, 0) is 0 Å². The standard InChI is InChI=1S/C10H10ClN/c1-6-4-7(2)9(5-12)10(11)8(6)3/h4H,1-3H3. The molecule has 0 saturated heterocycles. The molecule has 0 fully saturated rings. The van der Waals surface area contributed by atoms with Crippen molar-refractivity contribution in [1.82, 2.24) is 0 Å². The molecule has 0 saturated carbocycles. The molecule has 1 aromatic rings. The van der Waals surface area contributed by atoms with Crippen LogP contribution in [0.4, 0.5) is 0 Å². The van der Waals surface area contributed by atoms with E-state index in [2.05, 4.69) is 6.07 Å². The smallest absolute Gasteiger partial charge is 0.101 e. The first-order valence-corrected chi connectivity index (χ1v) is 4.12. The third-order valence-electron chi connectivity index (χ3n) is 2.08. The lowest BCUT2D eigenvalue weighted by Gasteiger charge is -2.06. The van der Waals surface area contributed by atoms with Crippen LogP contribution in [0.3, 0.4) is 0 Å². The Morgan fingerprint density at radius 3 is 2.33 bits per heavy atom. The summed E-state index contributed by atoms with van der Waals surface area (Å²) >= 11 is 5.98. The quantitative estimate of drug-likeness (QED) is 0.600. The summed E-state index contributed by atoms with van der Waals surface area (Å²) in [4.78, 5) is 0. The Hall–Kier alpha value is -1.00. The van der Waals surface area contributed by atoms with Crippen LogP contribution in [0.15, 0.2) is 6.07 Å². The molecular weight excluding hydrogens is 170 g/mol. The van der Waals surface area contributed by atoms with E-state index >= 15 is 0 Å². The molecule has 0 aliphatic carbocycles. The van der Waals surface area contributed by atoms with E-state index in [-0.39, 0.29) is 0 Å². The molecule has 2 heteroatoms. The number of hydrogen-bond acceptors (Lipinski definition) is 1. The molecule has 0 radical (unpaired) electrons. The van der Waals surface area contributed by atoms with Crippen LogP contribution in [0.5, 0.6) is 0 Å². The molecule has 62 valence electrons. The van der Waals surface area contributed by atoms with Crippen molar-refractivity contribution in [2.45, 2.75) is 20.8 Å². The van der Waals surface area contributed by atoms with E-state index in [0.717, 1.165) is 16.7 Å². The van der Waals surface area contributed by atoms with Crippen LogP contribution in [0.1, 0.15) is 22.3 Å². The molecule has 0 amide bonds. The summed E-state index contributed by atoms with van der Waals surface area (Å²) in [6.45, 7) is 5.82. The SMILES string of the molecule is Cc1cc(C)c(C#N)c(Cl)c1C. The van der Waals surface area contributed by atoms with Crippen LogP contribution in [0.25, 0.3) is 0 Å². The van der Waals surface area contributed by atoms with Gasteiger partial charge in [-0.3, -0.25) is 0 Å². The molecule has 1 aromatic carbocycles. The topological polar surface area (TPSA) is 23.8 Å². The molecule has 0 unspecified atom stereocenters. The Morgan fingerprint density at radius 2 is 1.83 bits per heavy atom. The van der Waals surface area contributed by atoms with Crippen molar-refractivity contribution >= 4 is 11.6 Å². The Kier molecular flexibility index (Phi) is 2.40. The van der Waals surface area contributed by atoms with Gasteiger partial charge < -0.3 is 0 Å². The molecule has 1 rings (SSSR count). The summed E-state index contributed by atoms with van der Waals surface area (Å²) in [5.74, 6) is 0. The third-order valence-corrected chi connectivity index (χ3v) is 2.55. The predicted molar refractivity (Wildman–Crippen MR) is 50.4 cm³/mol. The number of benzene rings is 1. The van der Waals surface area contributed by atoms with Gasteiger partial charge in [0.15, 0.2) is 0 Å². The Morgan fingerprint density at radius 1 is 1.25 bits per heavy atom. The molecular formula is C10H10ClN. The summed E-state index contributed by atoms with van der Waals surface area (Å²) in [6, 6.07) is 4.09. The average molecular weight is 180 g/mol. The highest BCUT2D eigenvalue weighted by molar-refractivity contribution is 6.32. The van der Waals surface area contributed by atoms with Gasteiger partial charge in [-0.25, -0.2) is 0 Å². The van der Waals surface area contributed by atoms with Gasteiger partial charge >= 0.3 is 0 Å². The first-order valence-electron chi connectivity index (χ1n) is 3.74. The van der Waals surface area contributed by atoms with Gasteiger partial charge in [0.05, 0.1) is 10.6 Å². The lowest BCUT2D eigenvalue weighted by Crippen LogP contribution is -1.90. The zero-order chi connectivity index (χ0) is 9.30. The van der Waals surface area contributed by atoms with Crippen LogP contribution >= 0.6 is 11.6 Å². The van der Waals surface area contributed by atoms with Crippen LogP contribution in [0.2, 0.25) is 5.02 Å². The van der Waals surface area contributed by atoms with E-state index in [4.69, 9.17) is 16.9 Å². The van der Waals surface area contributed by atoms with Crippen LogP contribution < -0.4 is 0 Å². The van der Waals surface area contributed by atoms with Gasteiger partial charge in [0, 0.05) is 0 Å². The number of nitriles is 1. The van der Waals surface area contributed by atoms with Crippen molar-refractivity contribution in [3.63, 3.8) is 0 Å². The van der Waals surface area contributed by atoms with Gasteiger partial charge in [0.1, 0.15) is 6.07 Å². The highest BCUT2D eigenvalue weighted by atomic mass is 35.5. The minimum Gasteiger partial charge on any atom is -0.192 e. The van der Waals surface area contributed by atoms with E-state index in [0.29, 0.717) is 10.6 Å².